The molecule has 0 aromatic heterocycles. The van der Waals surface area contributed by atoms with Crippen LogP contribution in [0.5, 0.6) is 5.75 Å². The minimum atomic E-state index is -0.700. The van der Waals surface area contributed by atoms with Gasteiger partial charge in [0.2, 0.25) is 0 Å². The van der Waals surface area contributed by atoms with Gasteiger partial charge in [0.15, 0.2) is 0 Å². The minimum absolute atomic E-state index is 0.198. The highest BCUT2D eigenvalue weighted by Crippen LogP contribution is 2.43. The van der Waals surface area contributed by atoms with Gasteiger partial charge in [-0.25, -0.2) is 0 Å². The molecule has 1 aromatic carbocycles. The molecule has 84 valence electrons. The van der Waals surface area contributed by atoms with Crippen LogP contribution < -0.4 is 4.74 Å². The van der Waals surface area contributed by atoms with E-state index in [-0.39, 0.29) is 12.3 Å². The second-order valence-electron chi connectivity index (χ2n) is 4.55. The van der Waals surface area contributed by atoms with Crippen molar-refractivity contribution in [1.82, 2.24) is 0 Å². The summed E-state index contributed by atoms with van der Waals surface area (Å²) in [4.78, 5) is 10.8. The van der Waals surface area contributed by atoms with Crippen LogP contribution in [0.1, 0.15) is 35.4 Å². The van der Waals surface area contributed by atoms with Crippen molar-refractivity contribution < 1.29 is 14.6 Å². The predicted octanol–water partition coefficient (Wildman–Crippen LogP) is 2.13. The maximum atomic E-state index is 10.8. The normalized spacial score (nSPS) is 21.4. The van der Waals surface area contributed by atoms with Crippen molar-refractivity contribution in [3.8, 4) is 5.75 Å². The average Bonchev–Trinajstić information content (AvgIpc) is 2.82. The zero-order valence-corrected chi connectivity index (χ0v) is 9.03. The number of aryl methyl sites for hydroxylation is 1. The van der Waals surface area contributed by atoms with Crippen molar-refractivity contribution in [2.45, 2.75) is 31.6 Å². The van der Waals surface area contributed by atoms with E-state index in [1.807, 2.05) is 6.07 Å². The SMILES string of the molecule is O=C(O)C[C@@H]1CCc2ccc3c(c21)CCO3. The summed E-state index contributed by atoms with van der Waals surface area (Å²) < 4.78 is 5.53. The van der Waals surface area contributed by atoms with Crippen molar-refractivity contribution in [3.05, 3.63) is 28.8 Å². The number of carbonyl (C=O) groups is 1. The highest BCUT2D eigenvalue weighted by atomic mass is 16.5. The Morgan fingerprint density at radius 1 is 1.44 bits per heavy atom. The van der Waals surface area contributed by atoms with Crippen LogP contribution in [0, 0.1) is 0 Å². The van der Waals surface area contributed by atoms with Gasteiger partial charge >= 0.3 is 5.97 Å². The molecule has 3 heteroatoms. The maximum Gasteiger partial charge on any atom is 0.303 e. The zero-order chi connectivity index (χ0) is 11.1. The van der Waals surface area contributed by atoms with Crippen LogP contribution in [0.4, 0.5) is 0 Å². The van der Waals surface area contributed by atoms with E-state index in [9.17, 15) is 4.79 Å². The molecule has 0 saturated heterocycles. The second-order valence-corrected chi connectivity index (χ2v) is 4.55. The molecule has 0 amide bonds. The summed E-state index contributed by atoms with van der Waals surface area (Å²) in [6.07, 6.45) is 3.18. The highest BCUT2D eigenvalue weighted by molar-refractivity contribution is 5.69. The van der Waals surface area contributed by atoms with Crippen LogP contribution in [0.2, 0.25) is 0 Å². The third-order valence-corrected chi connectivity index (χ3v) is 3.61. The van der Waals surface area contributed by atoms with E-state index in [0.29, 0.717) is 0 Å². The van der Waals surface area contributed by atoms with Gasteiger partial charge in [0, 0.05) is 12.0 Å². The minimum Gasteiger partial charge on any atom is -0.493 e. The van der Waals surface area contributed by atoms with Crippen LogP contribution in [0.3, 0.4) is 0 Å². The van der Waals surface area contributed by atoms with Crippen LogP contribution >= 0.6 is 0 Å². The first-order valence-corrected chi connectivity index (χ1v) is 5.75. The van der Waals surface area contributed by atoms with E-state index in [0.717, 1.165) is 31.6 Å². The van der Waals surface area contributed by atoms with Crippen molar-refractivity contribution in [2.75, 3.05) is 6.61 Å². The number of carboxylic acid groups (broad SMARTS) is 1. The first kappa shape index (κ1) is 9.70. The van der Waals surface area contributed by atoms with E-state index >= 15 is 0 Å². The van der Waals surface area contributed by atoms with Gasteiger partial charge in [0.1, 0.15) is 5.75 Å². The average molecular weight is 218 g/mol. The lowest BCUT2D eigenvalue weighted by molar-refractivity contribution is -0.137. The third-order valence-electron chi connectivity index (χ3n) is 3.61. The number of rotatable bonds is 2. The Morgan fingerprint density at radius 3 is 3.12 bits per heavy atom. The van der Waals surface area contributed by atoms with Crippen molar-refractivity contribution in [2.24, 2.45) is 0 Å². The van der Waals surface area contributed by atoms with Gasteiger partial charge in [0.05, 0.1) is 13.0 Å². The second kappa shape index (κ2) is 3.51. The fourth-order valence-electron chi connectivity index (χ4n) is 2.96. The van der Waals surface area contributed by atoms with Gasteiger partial charge in [0.25, 0.3) is 0 Å². The molecule has 0 spiro atoms. The lowest BCUT2D eigenvalue weighted by Crippen LogP contribution is -2.05. The summed E-state index contributed by atoms with van der Waals surface area (Å²) in [6, 6.07) is 4.13. The van der Waals surface area contributed by atoms with Crippen LogP contribution in [0.25, 0.3) is 0 Å². The Labute approximate surface area is 94.0 Å². The number of fused-ring (bicyclic) bond motifs is 3. The lowest BCUT2D eigenvalue weighted by atomic mass is 9.92. The monoisotopic (exact) mass is 218 g/mol. The van der Waals surface area contributed by atoms with Gasteiger partial charge < -0.3 is 9.84 Å². The predicted molar refractivity (Wildman–Crippen MR) is 59.0 cm³/mol. The summed E-state index contributed by atoms with van der Waals surface area (Å²) in [7, 11) is 0. The van der Waals surface area contributed by atoms with Gasteiger partial charge in [-0.2, -0.15) is 0 Å². The number of ether oxygens (including phenoxy) is 1. The fourth-order valence-corrected chi connectivity index (χ4v) is 2.96. The van der Waals surface area contributed by atoms with Crippen LogP contribution in [-0.2, 0) is 17.6 Å². The number of hydrogen-bond acceptors (Lipinski definition) is 2. The van der Waals surface area contributed by atoms with E-state index in [1.165, 1.54) is 16.7 Å². The molecular formula is C13H14O3. The summed E-state index contributed by atoms with van der Waals surface area (Å²) in [5.74, 6) is 0.467. The van der Waals surface area contributed by atoms with Crippen molar-refractivity contribution in [1.29, 1.82) is 0 Å². The molecule has 2 aliphatic rings. The quantitative estimate of drug-likeness (QED) is 0.827. The Hall–Kier alpha value is -1.51. The molecule has 16 heavy (non-hydrogen) atoms. The van der Waals surface area contributed by atoms with Gasteiger partial charge in [-0.15, -0.1) is 0 Å². The van der Waals surface area contributed by atoms with Gasteiger partial charge in [-0.05, 0) is 36.0 Å². The number of hydrogen-bond donors (Lipinski definition) is 1. The molecule has 0 radical (unpaired) electrons. The highest BCUT2D eigenvalue weighted by Gasteiger charge is 2.30. The molecule has 1 N–H and O–H groups in total. The number of benzene rings is 1. The van der Waals surface area contributed by atoms with E-state index in [1.54, 1.807) is 0 Å². The molecule has 1 aromatic rings. The topological polar surface area (TPSA) is 46.5 Å². The molecule has 3 rings (SSSR count). The first-order chi connectivity index (χ1) is 7.75. The molecule has 1 aliphatic carbocycles. The van der Waals surface area contributed by atoms with Crippen molar-refractivity contribution >= 4 is 5.97 Å². The molecule has 1 atom stereocenters. The van der Waals surface area contributed by atoms with Gasteiger partial charge in [-0.1, -0.05) is 6.07 Å². The fraction of sp³-hybridized carbons (Fsp3) is 0.462. The van der Waals surface area contributed by atoms with E-state index in [4.69, 9.17) is 9.84 Å². The molecule has 0 saturated carbocycles. The van der Waals surface area contributed by atoms with Crippen LogP contribution in [-0.4, -0.2) is 17.7 Å². The third kappa shape index (κ3) is 1.39. The zero-order valence-electron chi connectivity index (χ0n) is 9.03. The van der Waals surface area contributed by atoms with Gasteiger partial charge in [-0.3, -0.25) is 4.79 Å². The standard InChI is InChI=1S/C13H14O3/c14-12(15)7-9-2-1-8-3-4-11-10(13(8)9)5-6-16-11/h3-4,9H,1-2,5-7H2,(H,14,15)/t9-/m0/s1. The Kier molecular flexibility index (Phi) is 2.13. The molecule has 0 unspecified atom stereocenters. The molecule has 1 heterocycles. The molecule has 0 fully saturated rings. The summed E-state index contributed by atoms with van der Waals surface area (Å²) in [6.45, 7) is 0.742. The number of aliphatic carboxylic acids is 1. The molecular weight excluding hydrogens is 204 g/mol. The molecule has 0 bridgehead atoms. The lowest BCUT2D eigenvalue weighted by Gasteiger charge is -2.12. The Morgan fingerprint density at radius 2 is 2.31 bits per heavy atom. The smallest absolute Gasteiger partial charge is 0.303 e. The van der Waals surface area contributed by atoms with E-state index < -0.39 is 5.97 Å². The molecule has 1 aliphatic heterocycles. The Balaban J connectivity index is 2.03. The maximum absolute atomic E-state index is 10.8. The summed E-state index contributed by atoms with van der Waals surface area (Å²) >= 11 is 0. The molecule has 3 nitrogen and oxygen atoms in total. The van der Waals surface area contributed by atoms with E-state index in [2.05, 4.69) is 6.07 Å². The summed E-state index contributed by atoms with van der Waals surface area (Å²) in [5.41, 5.74) is 3.87. The number of carboxylic acids is 1. The Bertz CT molecular complexity index is 451. The van der Waals surface area contributed by atoms with Crippen LogP contribution in [0.15, 0.2) is 12.1 Å². The van der Waals surface area contributed by atoms with Crippen molar-refractivity contribution in [3.63, 3.8) is 0 Å². The summed E-state index contributed by atoms with van der Waals surface area (Å²) in [5, 5.41) is 8.92. The first-order valence-electron chi connectivity index (χ1n) is 5.75. The largest absolute Gasteiger partial charge is 0.493 e.